The van der Waals surface area contributed by atoms with E-state index in [0.29, 0.717) is 11.3 Å². The summed E-state index contributed by atoms with van der Waals surface area (Å²) < 4.78 is 18.4. The molecular formula is C12H10FNO2. The zero-order valence-corrected chi connectivity index (χ0v) is 8.66. The maximum Gasteiger partial charge on any atom is 0.197 e. The fourth-order valence-corrected chi connectivity index (χ4v) is 1.43. The molecule has 0 saturated heterocycles. The third-order valence-corrected chi connectivity index (χ3v) is 2.28. The number of aromatic nitrogens is 1. The van der Waals surface area contributed by atoms with Gasteiger partial charge in [0, 0.05) is 24.0 Å². The molecule has 0 saturated carbocycles. The van der Waals surface area contributed by atoms with Crippen LogP contribution in [0.2, 0.25) is 0 Å². The van der Waals surface area contributed by atoms with E-state index in [9.17, 15) is 9.18 Å². The van der Waals surface area contributed by atoms with Gasteiger partial charge in [-0.3, -0.25) is 4.79 Å². The van der Waals surface area contributed by atoms with Gasteiger partial charge in [0.15, 0.2) is 5.78 Å². The topological polar surface area (TPSA) is 42.1 Å². The van der Waals surface area contributed by atoms with Crippen LogP contribution in [0.1, 0.15) is 15.9 Å². The first-order chi connectivity index (χ1) is 7.72. The van der Waals surface area contributed by atoms with Crippen LogP contribution >= 0.6 is 0 Å². The van der Waals surface area contributed by atoms with Gasteiger partial charge in [0.1, 0.15) is 11.6 Å². The summed E-state index contributed by atoms with van der Waals surface area (Å²) in [6.07, 6.45) is 3.15. The van der Waals surface area contributed by atoms with Gasteiger partial charge in [0.2, 0.25) is 0 Å². The molecule has 4 heteroatoms. The van der Waals surface area contributed by atoms with Crippen LogP contribution < -0.4 is 4.74 Å². The Balaban J connectivity index is 2.38. The van der Waals surface area contributed by atoms with E-state index in [2.05, 4.69) is 4.98 Å². The Morgan fingerprint density at radius 3 is 2.75 bits per heavy atom. The highest BCUT2D eigenvalue weighted by molar-refractivity contribution is 6.09. The molecule has 0 aliphatic rings. The van der Waals surface area contributed by atoms with Gasteiger partial charge in [-0.05, 0) is 18.2 Å². The van der Waals surface area contributed by atoms with Crippen molar-refractivity contribution in [3.8, 4) is 5.75 Å². The maximum absolute atomic E-state index is 13.6. The zero-order valence-electron chi connectivity index (χ0n) is 8.66. The number of hydrogen-bond donors (Lipinski definition) is 1. The van der Waals surface area contributed by atoms with Crippen LogP contribution in [0.3, 0.4) is 0 Å². The lowest BCUT2D eigenvalue weighted by Gasteiger charge is -2.03. The van der Waals surface area contributed by atoms with Crippen molar-refractivity contribution in [3.63, 3.8) is 0 Å². The average molecular weight is 219 g/mol. The number of halogens is 1. The third kappa shape index (κ3) is 1.82. The number of nitrogens with one attached hydrogen (secondary N) is 1. The SMILES string of the molecule is COc1ccc(C(=O)c2cc[nH]c2)c(F)c1. The molecule has 1 heterocycles. The summed E-state index contributed by atoms with van der Waals surface area (Å²) in [7, 11) is 1.45. The van der Waals surface area contributed by atoms with Gasteiger partial charge >= 0.3 is 0 Å². The van der Waals surface area contributed by atoms with Crippen molar-refractivity contribution in [2.45, 2.75) is 0 Å². The summed E-state index contributed by atoms with van der Waals surface area (Å²) >= 11 is 0. The lowest BCUT2D eigenvalue weighted by Crippen LogP contribution is -2.03. The summed E-state index contributed by atoms with van der Waals surface area (Å²) in [5.74, 6) is -0.532. The molecule has 0 unspecified atom stereocenters. The van der Waals surface area contributed by atoms with E-state index in [0.717, 1.165) is 0 Å². The zero-order chi connectivity index (χ0) is 11.5. The monoisotopic (exact) mass is 219 g/mol. The number of hydrogen-bond acceptors (Lipinski definition) is 2. The minimum absolute atomic E-state index is 0.0420. The van der Waals surface area contributed by atoms with Gasteiger partial charge in [0.25, 0.3) is 0 Å². The summed E-state index contributed by atoms with van der Waals surface area (Å²) in [4.78, 5) is 14.6. The quantitative estimate of drug-likeness (QED) is 0.805. The van der Waals surface area contributed by atoms with Crippen LogP contribution in [0.4, 0.5) is 4.39 Å². The molecule has 0 fully saturated rings. The molecule has 0 radical (unpaired) electrons. The summed E-state index contributed by atoms with van der Waals surface area (Å²) in [5, 5.41) is 0. The number of benzene rings is 1. The number of carbonyl (C=O) groups excluding carboxylic acids is 1. The van der Waals surface area contributed by atoms with Crippen LogP contribution in [-0.4, -0.2) is 17.9 Å². The molecule has 16 heavy (non-hydrogen) atoms. The number of ether oxygens (including phenoxy) is 1. The molecule has 3 nitrogen and oxygen atoms in total. The number of H-pyrrole nitrogens is 1. The molecule has 0 spiro atoms. The average Bonchev–Trinajstić information content (AvgIpc) is 2.81. The number of ketones is 1. The van der Waals surface area contributed by atoms with Gasteiger partial charge in [0.05, 0.1) is 12.7 Å². The first kappa shape index (κ1) is 10.4. The molecule has 1 aromatic carbocycles. The molecule has 0 bridgehead atoms. The van der Waals surface area contributed by atoms with Crippen LogP contribution in [0.15, 0.2) is 36.7 Å². The Hall–Kier alpha value is -2.10. The van der Waals surface area contributed by atoms with E-state index in [4.69, 9.17) is 4.74 Å². The van der Waals surface area contributed by atoms with Crippen molar-refractivity contribution in [3.05, 3.63) is 53.6 Å². The van der Waals surface area contributed by atoms with E-state index < -0.39 is 5.82 Å². The normalized spacial score (nSPS) is 10.1. The molecule has 0 aliphatic carbocycles. The fourth-order valence-electron chi connectivity index (χ4n) is 1.43. The number of aromatic amines is 1. The smallest absolute Gasteiger partial charge is 0.197 e. The lowest BCUT2D eigenvalue weighted by atomic mass is 10.1. The van der Waals surface area contributed by atoms with Crippen LogP contribution in [-0.2, 0) is 0 Å². The van der Waals surface area contributed by atoms with Gasteiger partial charge in [-0.1, -0.05) is 0 Å². The molecule has 2 aromatic rings. The van der Waals surface area contributed by atoms with Crippen LogP contribution in [0.25, 0.3) is 0 Å². The standard InChI is InChI=1S/C12H10FNO2/c1-16-9-2-3-10(11(13)6-9)12(15)8-4-5-14-7-8/h2-7,14H,1H3. The van der Waals surface area contributed by atoms with Crippen molar-refractivity contribution in [2.75, 3.05) is 7.11 Å². The van der Waals surface area contributed by atoms with E-state index in [1.54, 1.807) is 18.3 Å². The Morgan fingerprint density at radius 2 is 2.19 bits per heavy atom. The van der Waals surface area contributed by atoms with Crippen molar-refractivity contribution in [1.82, 2.24) is 4.98 Å². The molecule has 0 atom stereocenters. The number of methoxy groups -OCH3 is 1. The van der Waals surface area contributed by atoms with Crippen molar-refractivity contribution >= 4 is 5.78 Å². The Morgan fingerprint density at radius 1 is 1.38 bits per heavy atom. The van der Waals surface area contributed by atoms with Gasteiger partial charge in [-0.2, -0.15) is 0 Å². The van der Waals surface area contributed by atoms with E-state index >= 15 is 0 Å². The highest BCUT2D eigenvalue weighted by atomic mass is 19.1. The Bertz CT molecular complexity index is 506. The second kappa shape index (κ2) is 4.18. The second-order valence-electron chi connectivity index (χ2n) is 3.27. The van der Waals surface area contributed by atoms with E-state index in [-0.39, 0.29) is 11.3 Å². The Kier molecular flexibility index (Phi) is 2.72. The molecular weight excluding hydrogens is 209 g/mol. The molecule has 1 N–H and O–H groups in total. The fraction of sp³-hybridized carbons (Fsp3) is 0.0833. The summed E-state index contributed by atoms with van der Waals surface area (Å²) in [6.45, 7) is 0. The third-order valence-electron chi connectivity index (χ3n) is 2.28. The van der Waals surface area contributed by atoms with E-state index in [1.165, 1.54) is 25.4 Å². The van der Waals surface area contributed by atoms with Crippen molar-refractivity contribution < 1.29 is 13.9 Å². The predicted octanol–water partition coefficient (Wildman–Crippen LogP) is 2.39. The minimum atomic E-state index is -0.578. The summed E-state index contributed by atoms with van der Waals surface area (Å²) in [5.41, 5.74) is 0.476. The van der Waals surface area contributed by atoms with Gasteiger partial charge in [-0.25, -0.2) is 4.39 Å². The van der Waals surface area contributed by atoms with Crippen LogP contribution in [0, 0.1) is 5.82 Å². The second-order valence-corrected chi connectivity index (χ2v) is 3.27. The first-order valence-electron chi connectivity index (χ1n) is 4.73. The predicted molar refractivity (Wildman–Crippen MR) is 57.2 cm³/mol. The summed E-state index contributed by atoms with van der Waals surface area (Å²) in [6, 6.07) is 5.78. The van der Waals surface area contributed by atoms with Crippen LogP contribution in [0.5, 0.6) is 5.75 Å². The van der Waals surface area contributed by atoms with Gasteiger partial charge < -0.3 is 9.72 Å². The Labute approximate surface area is 91.9 Å². The lowest BCUT2D eigenvalue weighted by molar-refractivity contribution is 0.103. The first-order valence-corrected chi connectivity index (χ1v) is 4.73. The van der Waals surface area contributed by atoms with Gasteiger partial charge in [-0.15, -0.1) is 0 Å². The maximum atomic E-state index is 13.6. The number of carbonyl (C=O) groups is 1. The molecule has 82 valence electrons. The van der Waals surface area contributed by atoms with Crippen molar-refractivity contribution in [2.24, 2.45) is 0 Å². The molecule has 1 aromatic heterocycles. The minimum Gasteiger partial charge on any atom is -0.497 e. The van der Waals surface area contributed by atoms with E-state index in [1.807, 2.05) is 0 Å². The molecule has 2 rings (SSSR count). The molecule has 0 aliphatic heterocycles. The molecule has 0 amide bonds. The number of rotatable bonds is 3. The largest absolute Gasteiger partial charge is 0.497 e. The highest BCUT2D eigenvalue weighted by Gasteiger charge is 2.14. The van der Waals surface area contributed by atoms with Crippen molar-refractivity contribution in [1.29, 1.82) is 0 Å². The highest BCUT2D eigenvalue weighted by Crippen LogP contribution is 2.18.